The van der Waals surface area contributed by atoms with E-state index in [2.05, 4.69) is 6.58 Å². The zero-order valence-electron chi connectivity index (χ0n) is 7.10. The van der Waals surface area contributed by atoms with E-state index in [4.69, 9.17) is 4.74 Å². The molecule has 0 aromatic heterocycles. The van der Waals surface area contributed by atoms with E-state index in [1.807, 2.05) is 19.9 Å². The van der Waals surface area contributed by atoms with Gasteiger partial charge in [0.15, 0.2) is 0 Å². The SMILES string of the molecule is C=CCC1CCOC1.CC. The van der Waals surface area contributed by atoms with Crippen LogP contribution in [0.5, 0.6) is 0 Å². The summed E-state index contributed by atoms with van der Waals surface area (Å²) in [5.41, 5.74) is 0. The molecule has 1 heteroatoms. The first kappa shape index (κ1) is 9.70. The summed E-state index contributed by atoms with van der Waals surface area (Å²) in [5, 5.41) is 0. The summed E-state index contributed by atoms with van der Waals surface area (Å²) in [6.45, 7) is 9.58. The molecule has 1 fully saturated rings. The summed E-state index contributed by atoms with van der Waals surface area (Å²) in [6.07, 6.45) is 4.32. The average Bonchev–Trinajstić information content (AvgIpc) is 2.46. The molecule has 1 aliphatic rings. The lowest BCUT2D eigenvalue weighted by atomic mass is 10.1. The molecule has 0 spiro atoms. The van der Waals surface area contributed by atoms with Gasteiger partial charge in [0, 0.05) is 13.2 Å². The molecule has 0 bridgehead atoms. The Morgan fingerprint density at radius 3 is 2.70 bits per heavy atom. The zero-order chi connectivity index (χ0) is 7.82. The van der Waals surface area contributed by atoms with Crippen molar-refractivity contribution in [3.05, 3.63) is 12.7 Å². The van der Waals surface area contributed by atoms with Crippen LogP contribution in [0.25, 0.3) is 0 Å². The van der Waals surface area contributed by atoms with E-state index >= 15 is 0 Å². The lowest BCUT2D eigenvalue weighted by Crippen LogP contribution is -1.95. The van der Waals surface area contributed by atoms with Crippen LogP contribution in [0.15, 0.2) is 12.7 Å². The van der Waals surface area contributed by atoms with E-state index in [1.54, 1.807) is 0 Å². The van der Waals surface area contributed by atoms with Crippen molar-refractivity contribution in [1.82, 2.24) is 0 Å². The lowest BCUT2D eigenvalue weighted by molar-refractivity contribution is 0.186. The minimum Gasteiger partial charge on any atom is -0.381 e. The van der Waals surface area contributed by atoms with E-state index in [0.29, 0.717) is 0 Å². The van der Waals surface area contributed by atoms with Crippen molar-refractivity contribution in [1.29, 1.82) is 0 Å². The molecule has 1 rings (SSSR count). The maximum atomic E-state index is 5.16. The molecule has 60 valence electrons. The van der Waals surface area contributed by atoms with Gasteiger partial charge >= 0.3 is 0 Å². The van der Waals surface area contributed by atoms with Crippen molar-refractivity contribution in [2.45, 2.75) is 26.7 Å². The molecule has 0 aromatic carbocycles. The molecule has 1 unspecified atom stereocenters. The van der Waals surface area contributed by atoms with Crippen LogP contribution in [0.4, 0.5) is 0 Å². The first-order valence-corrected chi connectivity index (χ1v) is 4.12. The standard InChI is InChI=1S/C7H12O.C2H6/c1-2-3-7-4-5-8-6-7;1-2/h2,7H,1,3-6H2;1-2H3. The highest BCUT2D eigenvalue weighted by atomic mass is 16.5. The van der Waals surface area contributed by atoms with Gasteiger partial charge in [-0.05, 0) is 18.8 Å². The first-order chi connectivity index (χ1) is 4.93. The molecule has 1 atom stereocenters. The van der Waals surface area contributed by atoms with Crippen LogP contribution >= 0.6 is 0 Å². The van der Waals surface area contributed by atoms with Crippen LogP contribution in [0.2, 0.25) is 0 Å². The second-order valence-corrected chi connectivity index (χ2v) is 2.25. The Kier molecular flexibility index (Phi) is 6.61. The van der Waals surface area contributed by atoms with Gasteiger partial charge in [0.1, 0.15) is 0 Å². The molecule has 1 heterocycles. The van der Waals surface area contributed by atoms with Crippen LogP contribution in [0.3, 0.4) is 0 Å². The number of hydrogen-bond donors (Lipinski definition) is 0. The van der Waals surface area contributed by atoms with Gasteiger partial charge in [-0.2, -0.15) is 0 Å². The van der Waals surface area contributed by atoms with E-state index in [9.17, 15) is 0 Å². The lowest BCUT2D eigenvalue weighted by Gasteiger charge is -1.98. The van der Waals surface area contributed by atoms with Crippen molar-refractivity contribution in [2.75, 3.05) is 13.2 Å². The average molecular weight is 142 g/mol. The van der Waals surface area contributed by atoms with Gasteiger partial charge in [-0.15, -0.1) is 6.58 Å². The summed E-state index contributed by atoms with van der Waals surface area (Å²) < 4.78 is 5.16. The van der Waals surface area contributed by atoms with Crippen molar-refractivity contribution >= 4 is 0 Å². The van der Waals surface area contributed by atoms with E-state index < -0.39 is 0 Å². The monoisotopic (exact) mass is 142 g/mol. The number of ether oxygens (including phenoxy) is 1. The Morgan fingerprint density at radius 1 is 1.60 bits per heavy atom. The predicted octanol–water partition coefficient (Wildman–Crippen LogP) is 2.63. The van der Waals surface area contributed by atoms with E-state index in [-0.39, 0.29) is 0 Å². The third-order valence-corrected chi connectivity index (χ3v) is 1.52. The summed E-state index contributed by atoms with van der Waals surface area (Å²) in [4.78, 5) is 0. The Labute approximate surface area is 64.1 Å². The molecule has 10 heavy (non-hydrogen) atoms. The van der Waals surface area contributed by atoms with Gasteiger partial charge in [-0.3, -0.25) is 0 Å². The largest absolute Gasteiger partial charge is 0.381 e. The number of allylic oxidation sites excluding steroid dienone is 1. The van der Waals surface area contributed by atoms with Crippen molar-refractivity contribution in [2.24, 2.45) is 5.92 Å². The van der Waals surface area contributed by atoms with E-state index in [1.165, 1.54) is 6.42 Å². The van der Waals surface area contributed by atoms with Crippen LogP contribution in [-0.4, -0.2) is 13.2 Å². The molecular weight excluding hydrogens is 124 g/mol. The molecular formula is C9H18O. The summed E-state index contributed by atoms with van der Waals surface area (Å²) >= 11 is 0. The first-order valence-electron chi connectivity index (χ1n) is 4.12. The molecule has 1 aliphatic heterocycles. The summed E-state index contributed by atoms with van der Waals surface area (Å²) in [6, 6.07) is 0. The fourth-order valence-corrected chi connectivity index (χ4v) is 1.00. The highest BCUT2D eigenvalue weighted by molar-refractivity contribution is 4.75. The second kappa shape index (κ2) is 6.81. The van der Waals surface area contributed by atoms with Crippen LogP contribution in [-0.2, 0) is 4.74 Å². The highest BCUT2D eigenvalue weighted by Gasteiger charge is 2.12. The Bertz CT molecular complexity index is 72.8. The van der Waals surface area contributed by atoms with E-state index in [0.717, 1.165) is 25.6 Å². The fraction of sp³-hybridized carbons (Fsp3) is 0.778. The van der Waals surface area contributed by atoms with Crippen LogP contribution in [0.1, 0.15) is 26.7 Å². The highest BCUT2D eigenvalue weighted by Crippen LogP contribution is 2.15. The smallest absolute Gasteiger partial charge is 0.0498 e. The zero-order valence-corrected chi connectivity index (χ0v) is 7.10. The molecule has 1 nitrogen and oxygen atoms in total. The molecule has 0 N–H and O–H groups in total. The van der Waals surface area contributed by atoms with Gasteiger partial charge in [0.2, 0.25) is 0 Å². The third kappa shape index (κ3) is 3.67. The van der Waals surface area contributed by atoms with Gasteiger partial charge < -0.3 is 4.74 Å². The van der Waals surface area contributed by atoms with Crippen molar-refractivity contribution in [3.63, 3.8) is 0 Å². The van der Waals surface area contributed by atoms with Gasteiger partial charge in [0.25, 0.3) is 0 Å². The topological polar surface area (TPSA) is 9.23 Å². The number of rotatable bonds is 2. The molecule has 0 amide bonds. The Balaban J connectivity index is 0.000000371. The van der Waals surface area contributed by atoms with Gasteiger partial charge in [-0.1, -0.05) is 19.9 Å². The third-order valence-electron chi connectivity index (χ3n) is 1.52. The summed E-state index contributed by atoms with van der Waals surface area (Å²) in [5.74, 6) is 0.771. The molecule has 0 aromatic rings. The minimum absolute atomic E-state index is 0.771. The Hall–Kier alpha value is -0.300. The molecule has 0 saturated carbocycles. The predicted molar refractivity (Wildman–Crippen MR) is 45.1 cm³/mol. The fourth-order valence-electron chi connectivity index (χ4n) is 1.00. The maximum Gasteiger partial charge on any atom is 0.0498 e. The molecule has 0 aliphatic carbocycles. The van der Waals surface area contributed by atoms with Crippen LogP contribution in [0, 0.1) is 5.92 Å². The minimum atomic E-state index is 0.771. The quantitative estimate of drug-likeness (QED) is 0.538. The molecule has 1 saturated heterocycles. The van der Waals surface area contributed by atoms with Crippen molar-refractivity contribution in [3.8, 4) is 0 Å². The van der Waals surface area contributed by atoms with Crippen molar-refractivity contribution < 1.29 is 4.74 Å². The van der Waals surface area contributed by atoms with Gasteiger partial charge in [0.05, 0.1) is 0 Å². The second-order valence-electron chi connectivity index (χ2n) is 2.25. The molecule has 0 radical (unpaired) electrons. The normalized spacial score (nSPS) is 23.2. The summed E-state index contributed by atoms with van der Waals surface area (Å²) in [7, 11) is 0. The number of hydrogen-bond acceptors (Lipinski definition) is 1. The van der Waals surface area contributed by atoms with Crippen LogP contribution < -0.4 is 0 Å². The Morgan fingerprint density at radius 2 is 2.30 bits per heavy atom. The van der Waals surface area contributed by atoms with Gasteiger partial charge in [-0.25, -0.2) is 0 Å². The maximum absolute atomic E-state index is 5.16.